The molecule has 6 heteroatoms. The molecule has 3 aromatic carbocycles. The van der Waals surface area contributed by atoms with Crippen molar-refractivity contribution in [2.45, 2.75) is 19.5 Å². The second kappa shape index (κ2) is 8.56. The molecule has 1 unspecified atom stereocenters. The maximum atomic E-state index is 12.3. The number of hydrogen-bond acceptors (Lipinski definition) is 4. The number of rotatable bonds is 6. The molecule has 0 radical (unpaired) electrons. The van der Waals surface area contributed by atoms with E-state index in [0.29, 0.717) is 12.3 Å². The molecule has 1 atom stereocenters. The van der Waals surface area contributed by atoms with E-state index in [1.165, 1.54) is 0 Å². The van der Waals surface area contributed by atoms with Crippen molar-refractivity contribution in [1.82, 2.24) is 10.6 Å². The highest BCUT2D eigenvalue weighted by Crippen LogP contribution is 2.34. The summed E-state index contributed by atoms with van der Waals surface area (Å²) in [7, 11) is 0. The second-order valence-electron chi connectivity index (χ2n) is 6.72. The quantitative estimate of drug-likeness (QED) is 0.636. The van der Waals surface area contributed by atoms with Gasteiger partial charge in [0.15, 0.2) is 11.5 Å². The molecule has 0 bridgehead atoms. The van der Waals surface area contributed by atoms with E-state index in [1.807, 2.05) is 79.7 Å². The van der Waals surface area contributed by atoms with Crippen LogP contribution >= 0.6 is 0 Å². The summed E-state index contributed by atoms with van der Waals surface area (Å²) in [6.45, 7) is 2.55. The zero-order valence-electron chi connectivity index (χ0n) is 16.1. The van der Waals surface area contributed by atoms with Crippen molar-refractivity contribution in [3.05, 3.63) is 83.9 Å². The number of urea groups is 1. The van der Waals surface area contributed by atoms with Gasteiger partial charge in [0, 0.05) is 6.54 Å². The maximum Gasteiger partial charge on any atom is 0.315 e. The zero-order valence-corrected chi connectivity index (χ0v) is 16.1. The van der Waals surface area contributed by atoms with Crippen molar-refractivity contribution in [1.29, 1.82) is 0 Å². The van der Waals surface area contributed by atoms with E-state index in [0.717, 1.165) is 28.4 Å². The van der Waals surface area contributed by atoms with E-state index in [2.05, 4.69) is 10.6 Å². The van der Waals surface area contributed by atoms with Gasteiger partial charge in [0.05, 0.1) is 6.04 Å². The minimum atomic E-state index is -0.246. The van der Waals surface area contributed by atoms with Crippen LogP contribution in [0.25, 0.3) is 0 Å². The Morgan fingerprint density at radius 2 is 1.76 bits per heavy atom. The molecule has 0 saturated carbocycles. The van der Waals surface area contributed by atoms with Crippen LogP contribution in [-0.4, -0.2) is 12.8 Å². The normalized spacial score (nSPS) is 12.9. The monoisotopic (exact) mass is 390 g/mol. The fraction of sp³-hybridized carbons (Fsp3) is 0.174. The summed E-state index contributed by atoms with van der Waals surface area (Å²) >= 11 is 0. The van der Waals surface area contributed by atoms with Gasteiger partial charge in [0.25, 0.3) is 0 Å². The molecule has 148 valence electrons. The lowest BCUT2D eigenvalue weighted by molar-refractivity contribution is 0.174. The van der Waals surface area contributed by atoms with E-state index in [9.17, 15) is 4.79 Å². The minimum Gasteiger partial charge on any atom is -0.457 e. The molecule has 3 aromatic rings. The van der Waals surface area contributed by atoms with E-state index in [1.54, 1.807) is 0 Å². The number of ether oxygens (including phenoxy) is 3. The molecular weight excluding hydrogens is 368 g/mol. The lowest BCUT2D eigenvalue weighted by Gasteiger charge is -2.16. The van der Waals surface area contributed by atoms with Crippen molar-refractivity contribution >= 4 is 6.03 Å². The van der Waals surface area contributed by atoms with Crippen LogP contribution in [0.3, 0.4) is 0 Å². The molecule has 6 nitrogen and oxygen atoms in total. The number of fused-ring (bicyclic) bond motifs is 1. The second-order valence-corrected chi connectivity index (χ2v) is 6.72. The number of benzene rings is 3. The molecule has 1 aliphatic heterocycles. The third-order valence-corrected chi connectivity index (χ3v) is 4.57. The molecule has 2 amide bonds. The molecule has 0 saturated heterocycles. The summed E-state index contributed by atoms with van der Waals surface area (Å²) < 4.78 is 16.5. The van der Waals surface area contributed by atoms with E-state index >= 15 is 0 Å². The third-order valence-electron chi connectivity index (χ3n) is 4.57. The van der Waals surface area contributed by atoms with Crippen LogP contribution in [0.4, 0.5) is 4.79 Å². The Morgan fingerprint density at radius 3 is 2.62 bits per heavy atom. The summed E-state index contributed by atoms with van der Waals surface area (Å²) in [5.41, 5.74) is 1.90. The standard InChI is InChI=1S/C23H22N2O4/c1-16(18-10-11-21-22(13-18)28-15-27-21)25-23(26)24-14-17-6-5-9-20(12-17)29-19-7-3-2-4-8-19/h2-13,16H,14-15H2,1H3,(H2,24,25,26). The predicted octanol–water partition coefficient (Wildman–Crippen LogP) is 4.77. The molecule has 0 aliphatic carbocycles. The SMILES string of the molecule is CC(NC(=O)NCc1cccc(Oc2ccccc2)c1)c1ccc2c(c1)OCO2. The van der Waals surface area contributed by atoms with Crippen LogP contribution in [0.2, 0.25) is 0 Å². The minimum absolute atomic E-state index is 0.169. The smallest absolute Gasteiger partial charge is 0.315 e. The fourth-order valence-corrected chi connectivity index (χ4v) is 3.04. The van der Waals surface area contributed by atoms with Crippen molar-refractivity contribution in [3.63, 3.8) is 0 Å². The van der Waals surface area contributed by atoms with Gasteiger partial charge in [0.1, 0.15) is 11.5 Å². The van der Waals surface area contributed by atoms with Crippen LogP contribution in [0, 0.1) is 0 Å². The Bertz CT molecular complexity index is 991. The van der Waals surface area contributed by atoms with Gasteiger partial charge < -0.3 is 24.8 Å². The summed E-state index contributed by atoms with van der Waals surface area (Å²) in [6.07, 6.45) is 0. The van der Waals surface area contributed by atoms with Gasteiger partial charge in [-0.25, -0.2) is 4.79 Å². The number of hydrogen-bond donors (Lipinski definition) is 2. The van der Waals surface area contributed by atoms with Crippen LogP contribution in [-0.2, 0) is 6.54 Å². The summed E-state index contributed by atoms with van der Waals surface area (Å²) in [5, 5.41) is 5.82. The number of carbonyl (C=O) groups excluding carboxylic acids is 1. The number of carbonyl (C=O) groups is 1. The molecule has 0 aromatic heterocycles. The number of para-hydroxylation sites is 1. The highest BCUT2D eigenvalue weighted by molar-refractivity contribution is 5.74. The predicted molar refractivity (Wildman–Crippen MR) is 109 cm³/mol. The molecule has 1 aliphatic rings. The third kappa shape index (κ3) is 4.79. The van der Waals surface area contributed by atoms with Crippen molar-refractivity contribution < 1.29 is 19.0 Å². The molecule has 4 rings (SSSR count). The summed E-state index contributed by atoms with van der Waals surface area (Å²) in [6, 6.07) is 22.5. The van der Waals surface area contributed by atoms with Crippen LogP contribution < -0.4 is 24.8 Å². The lowest BCUT2D eigenvalue weighted by atomic mass is 10.1. The first kappa shape index (κ1) is 18.7. The van der Waals surface area contributed by atoms with Gasteiger partial charge in [-0.15, -0.1) is 0 Å². The molecule has 2 N–H and O–H groups in total. The average molecular weight is 390 g/mol. The number of nitrogens with one attached hydrogen (secondary N) is 2. The summed E-state index contributed by atoms with van der Waals surface area (Å²) in [5.74, 6) is 2.92. The maximum absolute atomic E-state index is 12.3. The van der Waals surface area contributed by atoms with Gasteiger partial charge >= 0.3 is 6.03 Å². The average Bonchev–Trinajstić information content (AvgIpc) is 3.21. The largest absolute Gasteiger partial charge is 0.457 e. The van der Waals surface area contributed by atoms with E-state index < -0.39 is 0 Å². The van der Waals surface area contributed by atoms with Crippen molar-refractivity contribution in [2.24, 2.45) is 0 Å². The first-order valence-corrected chi connectivity index (χ1v) is 9.43. The van der Waals surface area contributed by atoms with Crippen LogP contribution in [0.5, 0.6) is 23.0 Å². The topological polar surface area (TPSA) is 68.8 Å². The van der Waals surface area contributed by atoms with E-state index in [4.69, 9.17) is 14.2 Å². The van der Waals surface area contributed by atoms with Gasteiger partial charge in [-0.2, -0.15) is 0 Å². The van der Waals surface area contributed by atoms with Crippen molar-refractivity contribution in [3.8, 4) is 23.0 Å². The first-order valence-electron chi connectivity index (χ1n) is 9.43. The van der Waals surface area contributed by atoms with Crippen molar-refractivity contribution in [2.75, 3.05) is 6.79 Å². The summed E-state index contributed by atoms with van der Waals surface area (Å²) in [4.78, 5) is 12.3. The highest BCUT2D eigenvalue weighted by atomic mass is 16.7. The molecular formula is C23H22N2O4. The van der Waals surface area contributed by atoms with Gasteiger partial charge in [-0.3, -0.25) is 0 Å². The fourth-order valence-electron chi connectivity index (χ4n) is 3.04. The Labute approximate surface area is 169 Å². The first-order chi connectivity index (χ1) is 14.2. The Kier molecular flexibility index (Phi) is 5.52. The van der Waals surface area contributed by atoms with E-state index in [-0.39, 0.29) is 18.9 Å². The molecule has 1 heterocycles. The van der Waals surface area contributed by atoms with Crippen LogP contribution in [0.1, 0.15) is 24.1 Å². The molecule has 29 heavy (non-hydrogen) atoms. The lowest BCUT2D eigenvalue weighted by Crippen LogP contribution is -2.36. The molecule has 0 fully saturated rings. The zero-order chi connectivity index (χ0) is 20.1. The highest BCUT2D eigenvalue weighted by Gasteiger charge is 2.16. The van der Waals surface area contributed by atoms with Gasteiger partial charge in [0.2, 0.25) is 6.79 Å². The Balaban J connectivity index is 1.31. The Hall–Kier alpha value is -3.67. The van der Waals surface area contributed by atoms with Gasteiger partial charge in [-0.05, 0) is 54.4 Å². The number of amides is 2. The van der Waals surface area contributed by atoms with Gasteiger partial charge in [-0.1, -0.05) is 36.4 Å². The molecule has 0 spiro atoms. The van der Waals surface area contributed by atoms with Crippen LogP contribution in [0.15, 0.2) is 72.8 Å². The Morgan fingerprint density at radius 1 is 0.966 bits per heavy atom.